The first kappa shape index (κ1) is 18.7. The van der Waals surface area contributed by atoms with Gasteiger partial charge in [0.15, 0.2) is 6.61 Å². The minimum atomic E-state index is -0.304. The van der Waals surface area contributed by atoms with Crippen LogP contribution in [-0.2, 0) is 4.79 Å². The van der Waals surface area contributed by atoms with E-state index in [1.54, 1.807) is 6.21 Å². The van der Waals surface area contributed by atoms with E-state index >= 15 is 0 Å². The quantitative estimate of drug-likeness (QED) is 0.379. The van der Waals surface area contributed by atoms with Crippen molar-refractivity contribution < 1.29 is 9.53 Å². The molecule has 4 aromatic rings. The smallest absolute Gasteiger partial charge is 0.277 e. The van der Waals surface area contributed by atoms with Gasteiger partial charge in [-0.3, -0.25) is 4.79 Å². The number of fused-ring (bicyclic) bond motifs is 2. The Morgan fingerprint density at radius 1 is 1.07 bits per heavy atom. The lowest BCUT2D eigenvalue weighted by Crippen LogP contribution is -2.24. The third-order valence-corrected chi connectivity index (χ3v) is 4.81. The summed E-state index contributed by atoms with van der Waals surface area (Å²) in [5, 5.41) is 7.42. The molecule has 1 heterocycles. The number of hydrogen-bond acceptors (Lipinski definition) is 3. The molecule has 0 aliphatic rings. The van der Waals surface area contributed by atoms with E-state index in [-0.39, 0.29) is 12.5 Å². The van der Waals surface area contributed by atoms with Crippen LogP contribution in [0.1, 0.15) is 25.5 Å². The van der Waals surface area contributed by atoms with E-state index in [0.717, 1.165) is 27.2 Å². The van der Waals surface area contributed by atoms with Crippen LogP contribution in [0.3, 0.4) is 0 Å². The maximum Gasteiger partial charge on any atom is 0.277 e. The summed E-state index contributed by atoms with van der Waals surface area (Å²) in [7, 11) is 0. The van der Waals surface area contributed by atoms with Gasteiger partial charge in [-0.25, -0.2) is 5.43 Å². The summed E-state index contributed by atoms with van der Waals surface area (Å²) in [5.41, 5.74) is 4.65. The molecule has 1 N–H and O–H groups in total. The van der Waals surface area contributed by atoms with Crippen molar-refractivity contribution in [3.63, 3.8) is 0 Å². The Morgan fingerprint density at radius 2 is 1.83 bits per heavy atom. The van der Waals surface area contributed by atoms with Crippen molar-refractivity contribution in [1.29, 1.82) is 0 Å². The average Bonchev–Trinajstić information content (AvgIpc) is 3.11. The van der Waals surface area contributed by atoms with Gasteiger partial charge in [-0.05, 0) is 42.8 Å². The first-order valence-electron chi connectivity index (χ1n) is 9.65. The first-order chi connectivity index (χ1) is 14.1. The predicted octanol–water partition coefficient (Wildman–Crippen LogP) is 4.90. The van der Waals surface area contributed by atoms with Crippen LogP contribution in [0.2, 0.25) is 0 Å². The number of hydrazone groups is 1. The van der Waals surface area contributed by atoms with Crippen LogP contribution in [-0.4, -0.2) is 23.3 Å². The van der Waals surface area contributed by atoms with Gasteiger partial charge in [0, 0.05) is 28.7 Å². The third-order valence-electron chi connectivity index (χ3n) is 4.81. The van der Waals surface area contributed by atoms with Gasteiger partial charge in [-0.2, -0.15) is 5.10 Å². The number of para-hydroxylation sites is 1. The van der Waals surface area contributed by atoms with E-state index in [1.807, 2.05) is 54.6 Å². The summed E-state index contributed by atoms with van der Waals surface area (Å²) in [6.07, 6.45) is 3.73. The Labute approximate surface area is 169 Å². The van der Waals surface area contributed by atoms with Crippen molar-refractivity contribution in [2.24, 2.45) is 5.10 Å². The Balaban J connectivity index is 1.39. The minimum absolute atomic E-state index is 0.0938. The molecule has 0 saturated carbocycles. The zero-order valence-electron chi connectivity index (χ0n) is 16.5. The highest BCUT2D eigenvalue weighted by Gasteiger charge is 2.09. The second-order valence-corrected chi connectivity index (χ2v) is 7.19. The molecule has 1 aromatic heterocycles. The van der Waals surface area contributed by atoms with Crippen molar-refractivity contribution in [3.8, 4) is 5.75 Å². The highest BCUT2D eigenvalue weighted by Crippen LogP contribution is 2.23. The van der Waals surface area contributed by atoms with Crippen LogP contribution in [0.4, 0.5) is 0 Å². The molecule has 146 valence electrons. The SMILES string of the molecule is CC(C)n1cc(/C=N\NC(=O)COc2ccc3ccccc3c2)c2ccccc21. The Bertz CT molecular complexity index is 1190. The maximum atomic E-state index is 12.1. The van der Waals surface area contributed by atoms with E-state index in [1.165, 1.54) is 0 Å². The molecule has 0 spiro atoms. The van der Waals surface area contributed by atoms with Crippen LogP contribution in [0.15, 0.2) is 78.0 Å². The van der Waals surface area contributed by atoms with Crippen molar-refractivity contribution in [1.82, 2.24) is 9.99 Å². The summed E-state index contributed by atoms with van der Waals surface area (Å²) < 4.78 is 7.79. The van der Waals surface area contributed by atoms with E-state index in [9.17, 15) is 4.79 Å². The molecule has 1 amide bonds. The van der Waals surface area contributed by atoms with Crippen molar-refractivity contribution >= 4 is 33.8 Å². The monoisotopic (exact) mass is 385 g/mol. The van der Waals surface area contributed by atoms with E-state index in [2.05, 4.69) is 47.3 Å². The lowest BCUT2D eigenvalue weighted by Gasteiger charge is -2.08. The van der Waals surface area contributed by atoms with Crippen molar-refractivity contribution in [2.75, 3.05) is 6.61 Å². The number of carbonyl (C=O) groups excluding carboxylic acids is 1. The molecule has 0 bridgehead atoms. The molecule has 0 radical (unpaired) electrons. The highest BCUT2D eigenvalue weighted by atomic mass is 16.5. The standard InChI is InChI=1S/C24H23N3O2/c1-17(2)27-15-20(22-9-5-6-10-23(22)27)14-25-26-24(28)16-29-21-12-11-18-7-3-4-8-19(18)13-21/h3-15,17H,16H2,1-2H3,(H,26,28)/b25-14-. The maximum absolute atomic E-state index is 12.1. The second kappa shape index (κ2) is 8.19. The molecule has 5 nitrogen and oxygen atoms in total. The molecular formula is C24H23N3O2. The molecule has 0 atom stereocenters. The number of nitrogens with one attached hydrogen (secondary N) is 1. The van der Waals surface area contributed by atoms with Crippen LogP contribution in [0.25, 0.3) is 21.7 Å². The van der Waals surface area contributed by atoms with Crippen molar-refractivity contribution in [2.45, 2.75) is 19.9 Å². The number of aromatic nitrogens is 1. The molecule has 0 fully saturated rings. The number of amides is 1. The van der Waals surface area contributed by atoms with Gasteiger partial charge in [0.25, 0.3) is 5.91 Å². The fourth-order valence-electron chi connectivity index (χ4n) is 3.37. The average molecular weight is 385 g/mol. The van der Waals surface area contributed by atoms with Crippen LogP contribution < -0.4 is 10.2 Å². The topological polar surface area (TPSA) is 55.6 Å². The number of ether oxygens (including phenoxy) is 1. The lowest BCUT2D eigenvalue weighted by atomic mass is 10.1. The highest BCUT2D eigenvalue weighted by molar-refractivity contribution is 5.99. The van der Waals surface area contributed by atoms with Gasteiger partial charge in [0.1, 0.15) is 5.75 Å². The predicted molar refractivity (Wildman–Crippen MR) is 118 cm³/mol. The molecule has 5 heteroatoms. The normalized spacial score (nSPS) is 11.6. The zero-order chi connectivity index (χ0) is 20.2. The minimum Gasteiger partial charge on any atom is -0.484 e. The number of nitrogens with zero attached hydrogens (tertiary/aromatic N) is 2. The van der Waals surface area contributed by atoms with Gasteiger partial charge in [0.2, 0.25) is 0 Å². The second-order valence-electron chi connectivity index (χ2n) is 7.19. The lowest BCUT2D eigenvalue weighted by molar-refractivity contribution is -0.123. The molecule has 0 unspecified atom stereocenters. The molecule has 29 heavy (non-hydrogen) atoms. The van der Waals surface area contributed by atoms with Crippen LogP contribution >= 0.6 is 0 Å². The largest absolute Gasteiger partial charge is 0.484 e. The molecule has 0 saturated heterocycles. The van der Waals surface area contributed by atoms with Gasteiger partial charge >= 0.3 is 0 Å². The fourth-order valence-corrected chi connectivity index (χ4v) is 3.37. The van der Waals surface area contributed by atoms with Crippen LogP contribution in [0, 0.1) is 0 Å². The van der Waals surface area contributed by atoms with E-state index in [0.29, 0.717) is 11.8 Å². The summed E-state index contributed by atoms with van der Waals surface area (Å²) in [6.45, 7) is 4.18. The Morgan fingerprint density at radius 3 is 2.66 bits per heavy atom. The molecule has 0 aliphatic heterocycles. The van der Waals surface area contributed by atoms with Gasteiger partial charge in [0.05, 0.1) is 6.21 Å². The van der Waals surface area contributed by atoms with E-state index < -0.39 is 0 Å². The number of carbonyl (C=O) groups is 1. The number of hydrogen-bond donors (Lipinski definition) is 1. The van der Waals surface area contributed by atoms with Gasteiger partial charge in [-0.1, -0.05) is 48.5 Å². The zero-order valence-corrected chi connectivity index (χ0v) is 16.5. The fraction of sp³-hybridized carbons (Fsp3) is 0.167. The molecule has 0 aliphatic carbocycles. The number of rotatable bonds is 6. The van der Waals surface area contributed by atoms with Gasteiger partial charge in [-0.15, -0.1) is 0 Å². The summed E-state index contributed by atoms with van der Waals surface area (Å²) >= 11 is 0. The molecule has 3 aromatic carbocycles. The number of benzene rings is 3. The molecular weight excluding hydrogens is 362 g/mol. The summed E-state index contributed by atoms with van der Waals surface area (Å²) in [5.74, 6) is 0.352. The summed E-state index contributed by atoms with van der Waals surface area (Å²) in [4.78, 5) is 12.1. The van der Waals surface area contributed by atoms with Crippen LogP contribution in [0.5, 0.6) is 5.75 Å². The summed E-state index contributed by atoms with van der Waals surface area (Å²) in [6, 6.07) is 22.3. The van der Waals surface area contributed by atoms with E-state index in [4.69, 9.17) is 4.74 Å². The van der Waals surface area contributed by atoms with Crippen molar-refractivity contribution in [3.05, 3.63) is 78.5 Å². The third kappa shape index (κ3) is 4.14. The first-order valence-corrected chi connectivity index (χ1v) is 9.65. The van der Waals surface area contributed by atoms with Gasteiger partial charge < -0.3 is 9.30 Å². The Hall–Kier alpha value is -3.60. The Kier molecular flexibility index (Phi) is 5.29. The molecule has 4 rings (SSSR count).